The molecule has 0 amide bonds. The van der Waals surface area contributed by atoms with Gasteiger partial charge in [-0.3, -0.25) is 0 Å². The van der Waals surface area contributed by atoms with Crippen molar-refractivity contribution in [2.24, 2.45) is 11.5 Å². The fourth-order valence-electron chi connectivity index (χ4n) is 1.000. The van der Waals surface area contributed by atoms with Gasteiger partial charge in [-0.25, -0.2) is 0 Å². The fraction of sp³-hybridized carbons (Fsp3) is 1.00. The first-order valence-corrected chi connectivity index (χ1v) is 4.41. The summed E-state index contributed by atoms with van der Waals surface area (Å²) in [5.41, 5.74) is 9.58. The van der Waals surface area contributed by atoms with E-state index in [0.717, 1.165) is 0 Å². The molecule has 2 unspecified atom stereocenters. The van der Waals surface area contributed by atoms with Crippen molar-refractivity contribution >= 4 is 0 Å². The van der Waals surface area contributed by atoms with E-state index in [9.17, 15) is 15.3 Å². The summed E-state index contributed by atoms with van der Waals surface area (Å²) >= 11 is 0. The summed E-state index contributed by atoms with van der Waals surface area (Å²) < 4.78 is 0. The fourth-order valence-corrected chi connectivity index (χ4v) is 1.000. The summed E-state index contributed by atoms with van der Waals surface area (Å²) in [5.74, 6) is -2.29. The zero-order chi connectivity index (χ0) is 10.7. The van der Waals surface area contributed by atoms with E-state index in [0.29, 0.717) is 6.42 Å². The molecular formula is C8H20N2O3. The van der Waals surface area contributed by atoms with E-state index in [2.05, 4.69) is 0 Å². The Labute approximate surface area is 78.4 Å². The molecule has 0 rings (SSSR count). The smallest absolute Gasteiger partial charge is 0.207 e. The Morgan fingerprint density at radius 1 is 1.38 bits per heavy atom. The van der Waals surface area contributed by atoms with Crippen LogP contribution in [0.3, 0.4) is 0 Å². The summed E-state index contributed by atoms with van der Waals surface area (Å²) in [6.07, 6.45) is -0.853. The molecule has 0 saturated carbocycles. The Morgan fingerprint density at radius 3 is 2.15 bits per heavy atom. The molecule has 0 bridgehead atoms. The summed E-state index contributed by atoms with van der Waals surface area (Å²) in [5, 5.41) is 28.5. The highest BCUT2D eigenvalue weighted by atomic mass is 16.5. The van der Waals surface area contributed by atoms with Crippen LogP contribution in [0, 0.1) is 0 Å². The molecule has 7 N–H and O–H groups in total. The van der Waals surface area contributed by atoms with Crippen LogP contribution in [0.4, 0.5) is 0 Å². The van der Waals surface area contributed by atoms with Crippen molar-refractivity contribution in [2.75, 3.05) is 6.54 Å². The molecule has 0 radical (unpaired) electrons. The van der Waals surface area contributed by atoms with E-state index in [1.165, 1.54) is 6.92 Å². The van der Waals surface area contributed by atoms with Gasteiger partial charge in [0.2, 0.25) is 5.79 Å². The minimum atomic E-state index is -2.29. The molecule has 5 heteroatoms. The Morgan fingerprint density at radius 2 is 1.85 bits per heavy atom. The van der Waals surface area contributed by atoms with Gasteiger partial charge in [0.1, 0.15) is 6.10 Å². The number of aliphatic hydroxyl groups is 3. The lowest BCUT2D eigenvalue weighted by molar-refractivity contribution is -0.262. The van der Waals surface area contributed by atoms with Crippen LogP contribution in [-0.4, -0.2) is 39.3 Å². The quantitative estimate of drug-likeness (QED) is 0.340. The van der Waals surface area contributed by atoms with Crippen molar-refractivity contribution in [1.82, 2.24) is 0 Å². The maximum Gasteiger partial charge on any atom is 0.207 e. The van der Waals surface area contributed by atoms with Gasteiger partial charge in [0.05, 0.1) is 5.54 Å². The molecule has 0 aliphatic carbocycles. The number of hydrogen-bond donors (Lipinski definition) is 5. The monoisotopic (exact) mass is 192 g/mol. The molecule has 0 aromatic carbocycles. The van der Waals surface area contributed by atoms with Crippen LogP contribution >= 0.6 is 0 Å². The van der Waals surface area contributed by atoms with Crippen LogP contribution in [-0.2, 0) is 0 Å². The standard InChI is InChI=1S/C8H20N2O3/c1-3-7(2,10)8(12,13)6(11)4-5-9/h6,11-13H,3-5,9-10H2,1-2H3. The normalized spacial score (nSPS) is 19.6. The van der Waals surface area contributed by atoms with E-state index in [4.69, 9.17) is 11.5 Å². The number of aliphatic hydroxyl groups excluding tert-OH is 1. The lowest BCUT2D eigenvalue weighted by Gasteiger charge is -2.40. The lowest BCUT2D eigenvalue weighted by Crippen LogP contribution is -2.64. The van der Waals surface area contributed by atoms with Gasteiger partial charge >= 0.3 is 0 Å². The van der Waals surface area contributed by atoms with E-state index < -0.39 is 17.4 Å². The van der Waals surface area contributed by atoms with Crippen LogP contribution in [0.5, 0.6) is 0 Å². The van der Waals surface area contributed by atoms with Gasteiger partial charge in [-0.15, -0.1) is 0 Å². The number of rotatable bonds is 5. The van der Waals surface area contributed by atoms with Crippen LogP contribution in [0.1, 0.15) is 26.7 Å². The van der Waals surface area contributed by atoms with Gasteiger partial charge in [-0.1, -0.05) is 6.92 Å². The maximum absolute atomic E-state index is 9.57. The van der Waals surface area contributed by atoms with Crippen molar-refractivity contribution in [3.63, 3.8) is 0 Å². The maximum atomic E-state index is 9.57. The van der Waals surface area contributed by atoms with Gasteiger partial charge < -0.3 is 26.8 Å². The Bertz CT molecular complexity index is 159. The Hall–Kier alpha value is -0.200. The average molecular weight is 192 g/mol. The molecule has 0 saturated heterocycles. The van der Waals surface area contributed by atoms with Crippen LogP contribution in [0.2, 0.25) is 0 Å². The van der Waals surface area contributed by atoms with Crippen LogP contribution in [0.25, 0.3) is 0 Å². The van der Waals surface area contributed by atoms with Gasteiger partial charge in [0.25, 0.3) is 0 Å². The second-order valence-corrected chi connectivity index (χ2v) is 3.59. The number of hydrogen-bond acceptors (Lipinski definition) is 5. The molecule has 13 heavy (non-hydrogen) atoms. The highest BCUT2D eigenvalue weighted by molar-refractivity contribution is 4.96. The molecule has 0 aromatic heterocycles. The Kier molecular flexibility index (Phi) is 4.28. The van der Waals surface area contributed by atoms with E-state index in [-0.39, 0.29) is 13.0 Å². The highest BCUT2D eigenvalue weighted by Gasteiger charge is 2.46. The van der Waals surface area contributed by atoms with Gasteiger partial charge in [-0.2, -0.15) is 0 Å². The van der Waals surface area contributed by atoms with Crippen molar-refractivity contribution in [1.29, 1.82) is 0 Å². The first kappa shape index (κ1) is 12.8. The first-order chi connectivity index (χ1) is 5.79. The average Bonchev–Trinajstić information content (AvgIpc) is 2.04. The van der Waals surface area contributed by atoms with Crippen molar-refractivity contribution in [2.45, 2.75) is 44.1 Å². The zero-order valence-electron chi connectivity index (χ0n) is 8.20. The van der Waals surface area contributed by atoms with E-state index in [1.54, 1.807) is 6.92 Å². The summed E-state index contributed by atoms with van der Waals surface area (Å²) in [6, 6.07) is 0. The highest BCUT2D eigenvalue weighted by Crippen LogP contribution is 2.25. The predicted molar refractivity (Wildman–Crippen MR) is 49.7 cm³/mol. The predicted octanol–water partition coefficient (Wildman–Crippen LogP) is -1.50. The summed E-state index contributed by atoms with van der Waals surface area (Å²) in [4.78, 5) is 0. The van der Waals surface area contributed by atoms with Crippen molar-refractivity contribution in [3.05, 3.63) is 0 Å². The molecule has 0 aromatic rings. The third kappa shape index (κ3) is 2.62. The second-order valence-electron chi connectivity index (χ2n) is 3.59. The largest absolute Gasteiger partial charge is 0.387 e. The molecule has 2 atom stereocenters. The van der Waals surface area contributed by atoms with Gasteiger partial charge in [0.15, 0.2) is 0 Å². The minimum absolute atomic E-state index is 0.111. The minimum Gasteiger partial charge on any atom is -0.387 e. The molecule has 5 nitrogen and oxygen atoms in total. The van der Waals surface area contributed by atoms with Crippen LogP contribution in [0.15, 0.2) is 0 Å². The topological polar surface area (TPSA) is 113 Å². The number of nitrogens with two attached hydrogens (primary N) is 2. The molecular weight excluding hydrogens is 172 g/mol. The first-order valence-electron chi connectivity index (χ1n) is 4.41. The Balaban J connectivity index is 4.53. The molecule has 0 heterocycles. The van der Waals surface area contributed by atoms with Crippen molar-refractivity contribution < 1.29 is 15.3 Å². The third-order valence-corrected chi connectivity index (χ3v) is 2.48. The molecule has 0 fully saturated rings. The molecule has 0 aliphatic heterocycles. The molecule has 0 spiro atoms. The van der Waals surface area contributed by atoms with E-state index >= 15 is 0 Å². The SMILES string of the molecule is CCC(C)(N)C(O)(O)C(O)CCN. The second kappa shape index (κ2) is 4.34. The third-order valence-electron chi connectivity index (χ3n) is 2.48. The van der Waals surface area contributed by atoms with Gasteiger partial charge in [0, 0.05) is 0 Å². The zero-order valence-corrected chi connectivity index (χ0v) is 8.20. The molecule has 0 aliphatic rings. The lowest BCUT2D eigenvalue weighted by atomic mass is 9.84. The summed E-state index contributed by atoms with van der Waals surface area (Å²) in [6.45, 7) is 3.38. The van der Waals surface area contributed by atoms with Crippen molar-refractivity contribution in [3.8, 4) is 0 Å². The van der Waals surface area contributed by atoms with E-state index in [1.807, 2.05) is 0 Å². The summed E-state index contributed by atoms with van der Waals surface area (Å²) in [7, 11) is 0. The van der Waals surface area contributed by atoms with Crippen LogP contribution < -0.4 is 11.5 Å². The van der Waals surface area contributed by atoms with Gasteiger partial charge in [-0.05, 0) is 26.3 Å². The molecule has 80 valence electrons.